The zero-order chi connectivity index (χ0) is 10.8. The maximum Gasteiger partial charge on any atom is 0.120 e. The van der Waals surface area contributed by atoms with Gasteiger partial charge in [-0.15, -0.1) is 0 Å². The molecule has 0 saturated carbocycles. The Morgan fingerprint density at radius 2 is 2.07 bits per heavy atom. The quantitative estimate of drug-likeness (QED) is 0.759. The Hall–Kier alpha value is -1.90. The minimum atomic E-state index is 0.733. The third kappa shape index (κ3) is 1.68. The molecule has 0 saturated heterocycles. The molecule has 0 bridgehead atoms. The first-order valence-corrected chi connectivity index (χ1v) is 4.77. The summed E-state index contributed by atoms with van der Waals surface area (Å²) in [4.78, 5) is 0. The Balaban J connectivity index is 2.50. The van der Waals surface area contributed by atoms with E-state index in [1.54, 1.807) is 7.11 Å². The first-order chi connectivity index (χ1) is 7.22. The number of hydrogen-bond donors (Lipinski definition) is 1. The average Bonchev–Trinajstić information content (AvgIpc) is 2.64. The highest BCUT2D eigenvalue weighted by Gasteiger charge is 2.06. The molecule has 2 aromatic rings. The smallest absolute Gasteiger partial charge is 0.120 e. The lowest BCUT2D eigenvalue weighted by Gasteiger charge is -2.08. The van der Waals surface area contributed by atoms with Crippen molar-refractivity contribution in [3.63, 3.8) is 0 Å². The van der Waals surface area contributed by atoms with Crippen LogP contribution in [0, 0.1) is 0 Å². The van der Waals surface area contributed by atoms with Gasteiger partial charge in [-0.05, 0) is 24.3 Å². The van der Waals surface area contributed by atoms with Crippen molar-refractivity contribution in [2.75, 3.05) is 12.8 Å². The highest BCUT2D eigenvalue weighted by Crippen LogP contribution is 2.28. The van der Waals surface area contributed by atoms with Crippen LogP contribution in [0.3, 0.4) is 0 Å². The summed E-state index contributed by atoms with van der Waals surface area (Å²) in [6, 6.07) is 9.77. The van der Waals surface area contributed by atoms with E-state index in [4.69, 9.17) is 10.5 Å². The van der Waals surface area contributed by atoms with Crippen LogP contribution in [0.25, 0.3) is 11.3 Å². The van der Waals surface area contributed by atoms with Crippen molar-refractivity contribution < 1.29 is 4.74 Å². The van der Waals surface area contributed by atoms with E-state index in [1.807, 2.05) is 48.1 Å². The maximum absolute atomic E-state index is 5.96. The Kier molecular flexibility index (Phi) is 2.37. The van der Waals surface area contributed by atoms with E-state index in [0.717, 1.165) is 22.7 Å². The molecule has 0 unspecified atom stereocenters. The molecule has 0 spiro atoms. The first-order valence-electron chi connectivity index (χ1n) is 4.77. The lowest BCUT2D eigenvalue weighted by Crippen LogP contribution is -1.95. The Morgan fingerprint density at radius 3 is 2.60 bits per heavy atom. The average molecular weight is 202 g/mol. The highest BCUT2D eigenvalue weighted by molar-refractivity contribution is 5.75. The van der Waals surface area contributed by atoms with Gasteiger partial charge in [0.05, 0.1) is 7.11 Å². The van der Waals surface area contributed by atoms with Crippen LogP contribution in [0.15, 0.2) is 36.5 Å². The van der Waals surface area contributed by atoms with Gasteiger partial charge < -0.3 is 15.0 Å². The van der Waals surface area contributed by atoms with Crippen LogP contribution in [0.1, 0.15) is 0 Å². The number of aromatic nitrogens is 1. The number of nitrogen functional groups attached to an aromatic ring is 1. The number of nitrogens with two attached hydrogens (primary N) is 1. The second-order valence-electron chi connectivity index (χ2n) is 3.46. The van der Waals surface area contributed by atoms with Crippen LogP contribution in [0.2, 0.25) is 0 Å². The van der Waals surface area contributed by atoms with Gasteiger partial charge in [-0.1, -0.05) is 0 Å². The molecule has 0 aliphatic carbocycles. The Bertz CT molecular complexity index is 474. The largest absolute Gasteiger partial charge is 0.497 e. The van der Waals surface area contributed by atoms with Gasteiger partial charge in [0.15, 0.2) is 0 Å². The summed E-state index contributed by atoms with van der Waals surface area (Å²) in [5.41, 5.74) is 8.83. The lowest BCUT2D eigenvalue weighted by molar-refractivity contribution is 0.415. The van der Waals surface area contributed by atoms with Gasteiger partial charge in [-0.3, -0.25) is 0 Å². The minimum Gasteiger partial charge on any atom is -0.497 e. The summed E-state index contributed by atoms with van der Waals surface area (Å²) in [5.74, 6) is 0.783. The van der Waals surface area contributed by atoms with Gasteiger partial charge in [0.25, 0.3) is 0 Å². The predicted molar refractivity (Wildman–Crippen MR) is 61.8 cm³/mol. The van der Waals surface area contributed by atoms with Crippen molar-refractivity contribution in [2.24, 2.45) is 7.05 Å². The molecule has 2 N–H and O–H groups in total. The van der Waals surface area contributed by atoms with Gasteiger partial charge in [0.1, 0.15) is 5.75 Å². The monoisotopic (exact) mass is 202 g/mol. The van der Waals surface area contributed by atoms with Crippen LogP contribution in [0.5, 0.6) is 5.75 Å². The number of ether oxygens (including phenoxy) is 1. The molecule has 15 heavy (non-hydrogen) atoms. The number of anilines is 1. The molecular formula is C12H14N2O. The molecule has 78 valence electrons. The lowest BCUT2D eigenvalue weighted by atomic mass is 10.1. The van der Waals surface area contributed by atoms with Crippen molar-refractivity contribution in [1.82, 2.24) is 4.57 Å². The number of methoxy groups -OCH3 is 1. The molecule has 1 aromatic heterocycles. The van der Waals surface area contributed by atoms with Crippen LogP contribution >= 0.6 is 0 Å². The second kappa shape index (κ2) is 3.69. The summed E-state index contributed by atoms with van der Waals surface area (Å²) < 4.78 is 7.15. The van der Waals surface area contributed by atoms with Crippen molar-refractivity contribution in [3.05, 3.63) is 36.5 Å². The normalized spacial score (nSPS) is 10.3. The molecule has 0 aliphatic heterocycles. The van der Waals surface area contributed by atoms with Crippen LogP contribution in [-0.4, -0.2) is 11.7 Å². The van der Waals surface area contributed by atoms with E-state index in [2.05, 4.69) is 0 Å². The SMILES string of the molecule is COc1ccc(-c2cccn2C)c(N)c1. The van der Waals surface area contributed by atoms with Gasteiger partial charge >= 0.3 is 0 Å². The standard InChI is InChI=1S/C12H14N2O/c1-14-7-3-4-12(14)10-6-5-9(15-2)8-11(10)13/h3-8H,13H2,1-2H3. The second-order valence-corrected chi connectivity index (χ2v) is 3.46. The molecule has 2 rings (SSSR count). The van der Waals surface area contributed by atoms with E-state index in [9.17, 15) is 0 Å². The van der Waals surface area contributed by atoms with E-state index in [1.165, 1.54) is 0 Å². The number of rotatable bonds is 2. The molecule has 3 heteroatoms. The van der Waals surface area contributed by atoms with E-state index < -0.39 is 0 Å². The zero-order valence-corrected chi connectivity index (χ0v) is 8.90. The Morgan fingerprint density at radius 1 is 1.27 bits per heavy atom. The summed E-state index contributed by atoms with van der Waals surface area (Å²) >= 11 is 0. The highest BCUT2D eigenvalue weighted by atomic mass is 16.5. The summed E-state index contributed by atoms with van der Waals surface area (Å²) in [7, 11) is 3.63. The van der Waals surface area contributed by atoms with Crippen molar-refractivity contribution in [2.45, 2.75) is 0 Å². The number of benzene rings is 1. The predicted octanol–water partition coefficient (Wildman–Crippen LogP) is 2.28. The maximum atomic E-state index is 5.96. The van der Waals surface area contributed by atoms with Crippen molar-refractivity contribution in [3.8, 4) is 17.0 Å². The minimum absolute atomic E-state index is 0.733. The van der Waals surface area contributed by atoms with Gasteiger partial charge in [-0.25, -0.2) is 0 Å². The molecule has 3 nitrogen and oxygen atoms in total. The molecule has 1 heterocycles. The Labute approximate surface area is 89.1 Å². The van der Waals surface area contributed by atoms with Crippen LogP contribution in [0.4, 0.5) is 5.69 Å². The fourth-order valence-electron chi connectivity index (χ4n) is 1.64. The van der Waals surface area contributed by atoms with Gasteiger partial charge in [0, 0.05) is 36.3 Å². The molecule has 0 radical (unpaired) electrons. The van der Waals surface area contributed by atoms with Crippen molar-refractivity contribution >= 4 is 5.69 Å². The van der Waals surface area contributed by atoms with E-state index >= 15 is 0 Å². The molecule has 0 amide bonds. The van der Waals surface area contributed by atoms with Crippen LogP contribution < -0.4 is 10.5 Å². The molecular weight excluding hydrogens is 188 g/mol. The number of nitrogens with zero attached hydrogens (tertiary/aromatic N) is 1. The summed E-state index contributed by atoms with van der Waals surface area (Å²) in [6.07, 6.45) is 2.00. The zero-order valence-electron chi connectivity index (χ0n) is 8.90. The number of hydrogen-bond acceptors (Lipinski definition) is 2. The molecule has 0 fully saturated rings. The number of aryl methyl sites for hydroxylation is 1. The third-order valence-corrected chi connectivity index (χ3v) is 2.48. The van der Waals surface area contributed by atoms with Gasteiger partial charge in [-0.2, -0.15) is 0 Å². The topological polar surface area (TPSA) is 40.2 Å². The van der Waals surface area contributed by atoms with Gasteiger partial charge in [0.2, 0.25) is 0 Å². The van der Waals surface area contributed by atoms with Crippen molar-refractivity contribution in [1.29, 1.82) is 0 Å². The fraction of sp³-hybridized carbons (Fsp3) is 0.167. The summed E-state index contributed by atoms with van der Waals surface area (Å²) in [6.45, 7) is 0. The van der Waals surface area contributed by atoms with Crippen LogP contribution in [-0.2, 0) is 7.05 Å². The first kappa shape index (κ1) is 9.65. The molecule has 1 aromatic carbocycles. The third-order valence-electron chi connectivity index (χ3n) is 2.48. The van der Waals surface area contributed by atoms with E-state index in [-0.39, 0.29) is 0 Å². The summed E-state index contributed by atoms with van der Waals surface area (Å²) in [5, 5.41) is 0. The molecule has 0 aliphatic rings. The van der Waals surface area contributed by atoms with E-state index in [0.29, 0.717) is 0 Å². The fourth-order valence-corrected chi connectivity index (χ4v) is 1.64. The molecule has 0 atom stereocenters.